The van der Waals surface area contributed by atoms with Gasteiger partial charge < -0.3 is 15.0 Å². The van der Waals surface area contributed by atoms with Crippen LogP contribution in [0.4, 0.5) is 21.8 Å². The van der Waals surface area contributed by atoms with E-state index in [0.717, 1.165) is 0 Å². The molecule has 40 heavy (non-hydrogen) atoms. The normalized spacial score (nSPS) is 15.2. The SMILES string of the molecule is C=CC(=O)N1CC(=O)N(c2nc(Nc3cnn(C)c3)ncc2-c2ccc(Oc3nccc(C)n3)c(F)c2)C[C@H]1C. The van der Waals surface area contributed by atoms with Crippen LogP contribution in [0.25, 0.3) is 11.1 Å². The van der Waals surface area contributed by atoms with Gasteiger partial charge in [-0.15, -0.1) is 0 Å². The number of nitrogens with one attached hydrogen (secondary N) is 1. The Kier molecular flexibility index (Phi) is 7.19. The molecule has 4 aromatic rings. The molecule has 13 heteroatoms. The van der Waals surface area contributed by atoms with Crippen LogP contribution in [0.3, 0.4) is 0 Å². The highest BCUT2D eigenvalue weighted by atomic mass is 19.1. The van der Waals surface area contributed by atoms with E-state index in [4.69, 9.17) is 4.74 Å². The number of aromatic nitrogens is 6. The van der Waals surface area contributed by atoms with Crippen molar-refractivity contribution in [3.05, 3.63) is 73.2 Å². The Morgan fingerprint density at radius 2 is 2.05 bits per heavy atom. The number of amides is 2. The van der Waals surface area contributed by atoms with Crippen LogP contribution in [-0.2, 0) is 16.6 Å². The molecule has 5 rings (SSSR count). The number of benzene rings is 1. The molecule has 0 aliphatic carbocycles. The minimum Gasteiger partial charge on any atom is -0.421 e. The van der Waals surface area contributed by atoms with Gasteiger partial charge in [0, 0.05) is 49.5 Å². The van der Waals surface area contributed by atoms with Crippen molar-refractivity contribution < 1.29 is 18.7 Å². The Morgan fingerprint density at radius 1 is 1.23 bits per heavy atom. The summed E-state index contributed by atoms with van der Waals surface area (Å²) in [6.07, 6.45) is 7.57. The number of carbonyl (C=O) groups excluding carboxylic acids is 2. The topological polar surface area (TPSA) is 131 Å². The molecule has 4 heterocycles. The quantitative estimate of drug-likeness (QED) is 0.348. The van der Waals surface area contributed by atoms with Gasteiger partial charge in [0.15, 0.2) is 11.6 Å². The molecule has 0 bridgehead atoms. The van der Waals surface area contributed by atoms with Crippen molar-refractivity contribution >= 4 is 29.3 Å². The van der Waals surface area contributed by atoms with E-state index in [9.17, 15) is 9.59 Å². The average Bonchev–Trinajstić information content (AvgIpc) is 3.34. The molecule has 12 nitrogen and oxygen atoms in total. The zero-order valence-corrected chi connectivity index (χ0v) is 22.1. The minimum absolute atomic E-state index is 0.0213. The number of nitrogens with zero attached hydrogens (tertiary/aromatic N) is 8. The molecule has 0 spiro atoms. The van der Waals surface area contributed by atoms with Crippen molar-refractivity contribution in [3.8, 4) is 22.9 Å². The summed E-state index contributed by atoms with van der Waals surface area (Å²) in [5.41, 5.74) is 2.16. The van der Waals surface area contributed by atoms with E-state index in [2.05, 4.69) is 36.9 Å². The van der Waals surface area contributed by atoms with Crippen LogP contribution in [0, 0.1) is 12.7 Å². The molecule has 1 aliphatic heterocycles. The molecule has 1 N–H and O–H groups in total. The van der Waals surface area contributed by atoms with Crippen molar-refractivity contribution in [2.24, 2.45) is 7.05 Å². The number of hydrogen-bond acceptors (Lipinski definition) is 9. The minimum atomic E-state index is -0.660. The van der Waals surface area contributed by atoms with Gasteiger partial charge in [0.2, 0.25) is 17.8 Å². The van der Waals surface area contributed by atoms with Crippen LogP contribution in [0.1, 0.15) is 12.6 Å². The molecule has 2 amide bonds. The largest absolute Gasteiger partial charge is 0.421 e. The van der Waals surface area contributed by atoms with Crippen LogP contribution in [0.15, 0.2) is 61.7 Å². The maximum atomic E-state index is 15.2. The Morgan fingerprint density at radius 3 is 2.75 bits per heavy atom. The summed E-state index contributed by atoms with van der Waals surface area (Å²) in [6, 6.07) is 5.77. The maximum absolute atomic E-state index is 15.2. The lowest BCUT2D eigenvalue weighted by Crippen LogP contribution is -2.57. The molecular formula is C27H26FN9O3. The average molecular weight is 544 g/mol. The zero-order chi connectivity index (χ0) is 28.4. The van der Waals surface area contributed by atoms with E-state index in [0.29, 0.717) is 22.5 Å². The third-order valence-corrected chi connectivity index (χ3v) is 6.25. The summed E-state index contributed by atoms with van der Waals surface area (Å²) < 4.78 is 22.4. The van der Waals surface area contributed by atoms with Crippen molar-refractivity contribution in [1.29, 1.82) is 0 Å². The number of ether oxygens (including phenoxy) is 1. The lowest BCUT2D eigenvalue weighted by Gasteiger charge is -2.39. The third kappa shape index (κ3) is 5.48. The summed E-state index contributed by atoms with van der Waals surface area (Å²) in [6.45, 7) is 7.14. The molecule has 3 aromatic heterocycles. The molecule has 1 fully saturated rings. The number of carbonyl (C=O) groups is 2. The predicted octanol–water partition coefficient (Wildman–Crippen LogP) is 3.40. The highest BCUT2D eigenvalue weighted by Crippen LogP contribution is 2.34. The van der Waals surface area contributed by atoms with Gasteiger partial charge in [0.25, 0.3) is 0 Å². The first-order chi connectivity index (χ1) is 19.2. The number of aryl methyl sites for hydroxylation is 2. The monoisotopic (exact) mass is 543 g/mol. The fourth-order valence-electron chi connectivity index (χ4n) is 4.25. The molecular weight excluding hydrogens is 517 g/mol. The number of rotatable bonds is 7. The van der Waals surface area contributed by atoms with Crippen LogP contribution in [-0.4, -0.2) is 65.6 Å². The second-order valence-electron chi connectivity index (χ2n) is 9.21. The van der Waals surface area contributed by atoms with E-state index in [1.165, 1.54) is 40.4 Å². The van der Waals surface area contributed by atoms with Crippen molar-refractivity contribution in [3.63, 3.8) is 0 Å². The van der Waals surface area contributed by atoms with Crippen molar-refractivity contribution in [2.75, 3.05) is 23.3 Å². The molecule has 1 saturated heterocycles. The Bertz CT molecular complexity index is 1610. The van der Waals surface area contributed by atoms with E-state index in [1.54, 1.807) is 43.2 Å². The smallest absolute Gasteiger partial charge is 0.322 e. The molecule has 0 saturated carbocycles. The number of piperazine rings is 1. The number of hydrogen-bond donors (Lipinski definition) is 1. The summed E-state index contributed by atoms with van der Waals surface area (Å²) >= 11 is 0. The van der Waals surface area contributed by atoms with Gasteiger partial charge in [0.05, 0.1) is 11.9 Å². The maximum Gasteiger partial charge on any atom is 0.322 e. The molecule has 1 aromatic carbocycles. The lowest BCUT2D eigenvalue weighted by atomic mass is 10.1. The van der Waals surface area contributed by atoms with E-state index < -0.39 is 5.82 Å². The first-order valence-corrected chi connectivity index (χ1v) is 12.4. The lowest BCUT2D eigenvalue weighted by molar-refractivity contribution is -0.135. The Balaban J connectivity index is 1.51. The van der Waals surface area contributed by atoms with E-state index in [1.807, 2.05) is 6.92 Å². The summed E-state index contributed by atoms with van der Waals surface area (Å²) in [5, 5.41) is 7.19. The summed E-state index contributed by atoms with van der Waals surface area (Å²) in [5.74, 6) is -0.928. The van der Waals surface area contributed by atoms with Gasteiger partial charge in [-0.2, -0.15) is 10.1 Å². The third-order valence-electron chi connectivity index (χ3n) is 6.25. The number of halogens is 1. The number of anilines is 3. The predicted molar refractivity (Wildman–Crippen MR) is 144 cm³/mol. The zero-order valence-electron chi connectivity index (χ0n) is 22.1. The van der Waals surface area contributed by atoms with Crippen LogP contribution in [0.5, 0.6) is 11.8 Å². The fraction of sp³-hybridized carbons (Fsp3) is 0.222. The molecule has 0 radical (unpaired) electrons. The van der Waals surface area contributed by atoms with Gasteiger partial charge in [-0.25, -0.2) is 19.3 Å². The van der Waals surface area contributed by atoms with Gasteiger partial charge in [-0.05, 0) is 43.7 Å². The Labute approximate surface area is 229 Å². The van der Waals surface area contributed by atoms with Crippen LogP contribution in [0.2, 0.25) is 0 Å². The molecule has 0 unspecified atom stereocenters. The van der Waals surface area contributed by atoms with Crippen LogP contribution < -0.4 is 15.0 Å². The van der Waals surface area contributed by atoms with Gasteiger partial charge in [0.1, 0.15) is 12.4 Å². The first kappa shape index (κ1) is 26.4. The second kappa shape index (κ2) is 10.9. The van der Waals surface area contributed by atoms with Crippen molar-refractivity contribution in [1.82, 2.24) is 34.6 Å². The highest BCUT2D eigenvalue weighted by molar-refractivity contribution is 6.01. The first-order valence-electron chi connectivity index (χ1n) is 12.4. The molecule has 204 valence electrons. The Hall–Kier alpha value is -5.20. The highest BCUT2D eigenvalue weighted by Gasteiger charge is 2.34. The fourth-order valence-corrected chi connectivity index (χ4v) is 4.25. The second-order valence-corrected chi connectivity index (χ2v) is 9.21. The van der Waals surface area contributed by atoms with E-state index in [-0.39, 0.29) is 54.5 Å². The molecule has 1 aliphatic rings. The standard InChI is InChI=1S/C27H26FN9O3/c1-5-23(38)36-15-24(39)37(13-17(36)3)25-20(12-30-26(34-25)33-19-11-31-35(4)14-19)18-6-7-22(21(28)10-18)40-27-29-9-8-16(2)32-27/h5-12,14,17H,1,13,15H2,2-4H3,(H,30,33,34)/t17-/m1/s1. The van der Waals surface area contributed by atoms with Gasteiger partial charge in [-0.1, -0.05) is 12.6 Å². The van der Waals surface area contributed by atoms with E-state index >= 15 is 4.39 Å². The summed E-state index contributed by atoms with van der Waals surface area (Å²) in [4.78, 5) is 45.6. The van der Waals surface area contributed by atoms with Gasteiger partial charge in [-0.3, -0.25) is 19.2 Å². The molecule has 1 atom stereocenters. The van der Waals surface area contributed by atoms with Crippen molar-refractivity contribution in [2.45, 2.75) is 19.9 Å². The van der Waals surface area contributed by atoms with Crippen LogP contribution >= 0.6 is 0 Å². The van der Waals surface area contributed by atoms with Gasteiger partial charge >= 0.3 is 6.01 Å². The summed E-state index contributed by atoms with van der Waals surface area (Å²) in [7, 11) is 1.78.